The van der Waals surface area contributed by atoms with E-state index in [1.165, 1.54) is 35.2 Å². The molecule has 0 aliphatic rings. The number of hydrogen-bond acceptors (Lipinski definition) is 4. The number of amides is 2. The number of sulfonamides is 1. The number of anilines is 1. The Kier molecular flexibility index (Phi) is 10.4. The molecule has 0 aliphatic heterocycles. The lowest BCUT2D eigenvalue weighted by atomic mass is 10.0. The van der Waals surface area contributed by atoms with Gasteiger partial charge in [0.15, 0.2) is 0 Å². The molecule has 0 saturated heterocycles. The third-order valence-electron chi connectivity index (χ3n) is 5.96. The van der Waals surface area contributed by atoms with Crippen LogP contribution in [0, 0.1) is 11.6 Å². The topological polar surface area (TPSA) is 86.8 Å². The van der Waals surface area contributed by atoms with Gasteiger partial charge in [-0.05, 0) is 47.9 Å². The number of hydrogen-bond donors (Lipinski definition) is 1. The van der Waals surface area contributed by atoms with Gasteiger partial charge in [0, 0.05) is 19.5 Å². The van der Waals surface area contributed by atoms with Gasteiger partial charge in [-0.25, -0.2) is 17.2 Å². The monoisotopic (exact) mass is 577 g/mol. The van der Waals surface area contributed by atoms with Crippen LogP contribution in [-0.2, 0) is 32.6 Å². The number of halogens is 3. The molecule has 208 valence electrons. The summed E-state index contributed by atoms with van der Waals surface area (Å²) in [6.07, 6.45) is 1.74. The van der Waals surface area contributed by atoms with Crippen molar-refractivity contribution in [1.82, 2.24) is 10.2 Å². The first-order valence-corrected chi connectivity index (χ1v) is 14.5. The maximum atomic E-state index is 13.9. The molecular formula is C28H30ClF2N3O4S. The molecule has 3 aromatic rings. The van der Waals surface area contributed by atoms with Gasteiger partial charge in [0.2, 0.25) is 21.8 Å². The smallest absolute Gasteiger partial charge is 0.244 e. The van der Waals surface area contributed by atoms with Gasteiger partial charge in [0.1, 0.15) is 24.2 Å². The van der Waals surface area contributed by atoms with Crippen LogP contribution in [0.1, 0.15) is 24.5 Å². The van der Waals surface area contributed by atoms with Crippen molar-refractivity contribution in [2.75, 3.05) is 23.7 Å². The first kappa shape index (κ1) is 30.0. The second-order valence-electron chi connectivity index (χ2n) is 9.01. The van der Waals surface area contributed by atoms with Crippen molar-refractivity contribution in [3.63, 3.8) is 0 Å². The Morgan fingerprint density at radius 1 is 0.974 bits per heavy atom. The average molecular weight is 578 g/mol. The van der Waals surface area contributed by atoms with Gasteiger partial charge in [0.05, 0.1) is 17.0 Å². The van der Waals surface area contributed by atoms with E-state index in [4.69, 9.17) is 11.6 Å². The zero-order chi connectivity index (χ0) is 28.6. The minimum absolute atomic E-state index is 0.00553. The van der Waals surface area contributed by atoms with E-state index < -0.39 is 46.1 Å². The fourth-order valence-corrected chi connectivity index (χ4v) is 4.98. The van der Waals surface area contributed by atoms with Crippen LogP contribution in [0.5, 0.6) is 0 Å². The SMILES string of the molecule is CCCNC(=O)[C@H](Cc1ccccc1)N(Cc1ccc(F)cc1)C(=O)CN(c1ccc(F)c(Cl)c1)S(C)(=O)=O. The predicted octanol–water partition coefficient (Wildman–Crippen LogP) is 4.55. The molecule has 0 radical (unpaired) electrons. The highest BCUT2D eigenvalue weighted by molar-refractivity contribution is 7.92. The normalized spacial score (nSPS) is 12.0. The van der Waals surface area contributed by atoms with Crippen LogP contribution in [0.25, 0.3) is 0 Å². The summed E-state index contributed by atoms with van der Waals surface area (Å²) in [6.45, 7) is 1.52. The van der Waals surface area contributed by atoms with Crippen molar-refractivity contribution < 1.29 is 26.8 Å². The molecule has 0 aromatic heterocycles. The van der Waals surface area contributed by atoms with E-state index >= 15 is 0 Å². The first-order chi connectivity index (χ1) is 18.5. The number of rotatable bonds is 12. The minimum atomic E-state index is -4.02. The zero-order valence-corrected chi connectivity index (χ0v) is 23.2. The molecule has 39 heavy (non-hydrogen) atoms. The molecule has 1 N–H and O–H groups in total. The van der Waals surface area contributed by atoms with Crippen LogP contribution in [0.3, 0.4) is 0 Å². The highest BCUT2D eigenvalue weighted by atomic mass is 35.5. The molecule has 0 aliphatic carbocycles. The van der Waals surface area contributed by atoms with E-state index in [2.05, 4.69) is 5.32 Å². The predicted molar refractivity (Wildman–Crippen MR) is 148 cm³/mol. The van der Waals surface area contributed by atoms with Crippen LogP contribution in [0.4, 0.5) is 14.5 Å². The summed E-state index contributed by atoms with van der Waals surface area (Å²) in [5, 5.41) is 2.52. The minimum Gasteiger partial charge on any atom is -0.354 e. The highest BCUT2D eigenvalue weighted by Crippen LogP contribution is 2.25. The summed E-state index contributed by atoms with van der Waals surface area (Å²) in [6, 6.07) is 16.9. The standard InChI is InChI=1S/C28H30ClF2N3O4S/c1-3-15-32-28(36)26(16-20-7-5-4-6-8-20)33(18-21-9-11-22(30)12-10-21)27(35)19-34(39(2,37)38)23-13-14-25(31)24(29)17-23/h4-14,17,26H,3,15-16,18-19H2,1-2H3,(H,32,36)/t26-/m0/s1. The van der Waals surface area contributed by atoms with E-state index in [0.717, 1.165) is 28.3 Å². The average Bonchev–Trinajstić information content (AvgIpc) is 2.90. The van der Waals surface area contributed by atoms with Gasteiger partial charge in [-0.3, -0.25) is 13.9 Å². The summed E-state index contributed by atoms with van der Waals surface area (Å²) >= 11 is 5.88. The lowest BCUT2D eigenvalue weighted by molar-refractivity contribution is -0.140. The molecule has 3 aromatic carbocycles. The molecule has 11 heteroatoms. The summed E-state index contributed by atoms with van der Waals surface area (Å²) < 4.78 is 53.6. The second-order valence-corrected chi connectivity index (χ2v) is 11.3. The molecule has 1 atom stereocenters. The maximum absolute atomic E-state index is 13.9. The van der Waals surface area contributed by atoms with E-state index in [9.17, 15) is 26.8 Å². The number of benzene rings is 3. The lowest BCUT2D eigenvalue weighted by Gasteiger charge is -2.33. The van der Waals surface area contributed by atoms with Crippen LogP contribution < -0.4 is 9.62 Å². The third-order valence-corrected chi connectivity index (χ3v) is 7.39. The van der Waals surface area contributed by atoms with E-state index in [1.54, 1.807) is 0 Å². The van der Waals surface area contributed by atoms with Crippen molar-refractivity contribution in [3.05, 3.63) is 101 Å². The maximum Gasteiger partial charge on any atom is 0.244 e. The van der Waals surface area contributed by atoms with E-state index in [1.807, 2.05) is 37.3 Å². The van der Waals surface area contributed by atoms with Crippen LogP contribution in [0.2, 0.25) is 5.02 Å². The van der Waals surface area contributed by atoms with Crippen molar-refractivity contribution >= 4 is 39.1 Å². The number of carbonyl (C=O) groups excluding carboxylic acids is 2. The van der Waals surface area contributed by atoms with Crippen LogP contribution in [0.15, 0.2) is 72.8 Å². The van der Waals surface area contributed by atoms with Gasteiger partial charge in [0.25, 0.3) is 0 Å². The van der Waals surface area contributed by atoms with Gasteiger partial charge < -0.3 is 10.2 Å². The quantitative estimate of drug-likeness (QED) is 0.342. The summed E-state index contributed by atoms with van der Waals surface area (Å²) in [4.78, 5) is 28.5. The molecule has 3 rings (SSSR count). The molecule has 0 unspecified atom stereocenters. The summed E-state index contributed by atoms with van der Waals surface area (Å²) in [7, 11) is -4.02. The molecule has 0 heterocycles. The second kappa shape index (κ2) is 13.5. The Morgan fingerprint density at radius 2 is 1.64 bits per heavy atom. The fourth-order valence-electron chi connectivity index (χ4n) is 3.96. The fraction of sp³-hybridized carbons (Fsp3) is 0.286. The molecule has 0 bridgehead atoms. The van der Waals surface area contributed by atoms with Crippen LogP contribution in [-0.4, -0.2) is 50.5 Å². The number of nitrogens with zero attached hydrogens (tertiary/aromatic N) is 2. The van der Waals surface area contributed by atoms with Gasteiger partial charge in [-0.15, -0.1) is 0 Å². The molecular weight excluding hydrogens is 548 g/mol. The van der Waals surface area contributed by atoms with Gasteiger partial charge in [-0.1, -0.05) is 61.0 Å². The Bertz CT molecular complexity index is 1390. The van der Waals surface area contributed by atoms with E-state index in [-0.39, 0.29) is 23.7 Å². The molecule has 0 spiro atoms. The Labute approximate surface area is 232 Å². The Hall–Kier alpha value is -3.50. The first-order valence-electron chi connectivity index (χ1n) is 12.3. The zero-order valence-electron chi connectivity index (χ0n) is 21.6. The van der Waals surface area contributed by atoms with E-state index in [0.29, 0.717) is 18.5 Å². The number of nitrogens with one attached hydrogen (secondary N) is 1. The van der Waals surface area contributed by atoms with Gasteiger partial charge in [-0.2, -0.15) is 0 Å². The molecule has 2 amide bonds. The van der Waals surface area contributed by atoms with Crippen molar-refractivity contribution in [2.45, 2.75) is 32.4 Å². The Morgan fingerprint density at radius 3 is 2.23 bits per heavy atom. The lowest BCUT2D eigenvalue weighted by Crippen LogP contribution is -2.53. The van der Waals surface area contributed by atoms with Crippen molar-refractivity contribution in [1.29, 1.82) is 0 Å². The summed E-state index contributed by atoms with van der Waals surface area (Å²) in [5.74, 6) is -2.30. The van der Waals surface area contributed by atoms with Crippen molar-refractivity contribution in [2.24, 2.45) is 0 Å². The third kappa shape index (κ3) is 8.49. The molecule has 7 nitrogen and oxygen atoms in total. The molecule has 0 saturated carbocycles. The van der Waals surface area contributed by atoms with Gasteiger partial charge >= 0.3 is 0 Å². The number of carbonyl (C=O) groups is 2. The summed E-state index contributed by atoms with van der Waals surface area (Å²) in [5.41, 5.74) is 1.33. The van der Waals surface area contributed by atoms with Crippen LogP contribution >= 0.6 is 11.6 Å². The largest absolute Gasteiger partial charge is 0.354 e. The molecule has 0 fully saturated rings. The highest BCUT2D eigenvalue weighted by Gasteiger charge is 2.33. The Balaban J connectivity index is 2.04. The van der Waals surface area contributed by atoms with Crippen molar-refractivity contribution in [3.8, 4) is 0 Å².